The number of isocyanates is 1. The molecule has 0 N–H and O–H groups in total. The first kappa shape index (κ1) is 11.8. The fraction of sp³-hybridized carbons (Fsp3) is 0.222. The molecule has 0 aromatic heterocycles. The number of hydrogen-bond acceptors (Lipinski definition) is 5. The van der Waals surface area contributed by atoms with Crippen LogP contribution in [0.3, 0.4) is 0 Å². The number of halogens is 1. The minimum absolute atomic E-state index is 0.123. The Hall–Kier alpha value is -2.27. The van der Waals surface area contributed by atoms with Crippen molar-refractivity contribution in [2.45, 2.75) is 6.54 Å². The van der Waals surface area contributed by atoms with Gasteiger partial charge >= 0.3 is 0 Å². The van der Waals surface area contributed by atoms with Crippen LogP contribution >= 0.6 is 0 Å². The molecule has 0 atom stereocenters. The summed E-state index contributed by atoms with van der Waals surface area (Å²) in [6.45, 7) is -0.217. The van der Waals surface area contributed by atoms with Gasteiger partial charge in [-0.15, -0.1) is 0 Å². The van der Waals surface area contributed by atoms with E-state index in [1.165, 1.54) is 13.2 Å². The molecular weight excluding hydrogens is 219 g/mol. The number of hydrogen-bond donors (Lipinski definition) is 0. The van der Waals surface area contributed by atoms with Crippen molar-refractivity contribution in [3.05, 3.63) is 33.6 Å². The van der Waals surface area contributed by atoms with Gasteiger partial charge in [-0.25, -0.2) is 14.2 Å². The molecule has 0 saturated carbocycles. The van der Waals surface area contributed by atoms with Gasteiger partial charge in [-0.1, -0.05) is 0 Å². The average molecular weight is 226 g/mol. The van der Waals surface area contributed by atoms with Crippen LogP contribution in [0.1, 0.15) is 5.56 Å². The van der Waals surface area contributed by atoms with Crippen molar-refractivity contribution < 1.29 is 18.8 Å². The van der Waals surface area contributed by atoms with Gasteiger partial charge in [0.25, 0.3) is 5.69 Å². The van der Waals surface area contributed by atoms with E-state index in [0.717, 1.165) is 12.1 Å². The molecule has 0 fully saturated rings. The van der Waals surface area contributed by atoms with Crippen molar-refractivity contribution in [3.8, 4) is 5.75 Å². The second-order valence-electron chi connectivity index (χ2n) is 2.78. The van der Waals surface area contributed by atoms with E-state index in [2.05, 4.69) is 4.99 Å². The number of nitrogens with zero attached hydrogens (tertiary/aromatic N) is 2. The zero-order chi connectivity index (χ0) is 12.1. The molecule has 1 aromatic carbocycles. The first-order chi connectivity index (χ1) is 7.60. The summed E-state index contributed by atoms with van der Waals surface area (Å²) in [7, 11) is 1.22. The Bertz CT molecular complexity index is 469. The van der Waals surface area contributed by atoms with Crippen LogP contribution in [0.2, 0.25) is 0 Å². The smallest absolute Gasteiger partial charge is 0.272 e. The summed E-state index contributed by atoms with van der Waals surface area (Å²) in [5, 5.41) is 10.5. The minimum atomic E-state index is -0.868. The maximum absolute atomic E-state index is 13.3. The maximum Gasteiger partial charge on any atom is 0.272 e. The third kappa shape index (κ3) is 2.40. The van der Waals surface area contributed by atoms with Crippen LogP contribution in [-0.2, 0) is 11.3 Å². The highest BCUT2D eigenvalue weighted by molar-refractivity contribution is 5.46. The van der Waals surface area contributed by atoms with Gasteiger partial charge in [0.2, 0.25) is 6.08 Å². The molecule has 0 bridgehead atoms. The summed E-state index contributed by atoms with van der Waals surface area (Å²) in [5.41, 5.74) is -0.299. The lowest BCUT2D eigenvalue weighted by Crippen LogP contribution is -1.98. The van der Waals surface area contributed by atoms with Crippen molar-refractivity contribution in [2.24, 2.45) is 4.99 Å². The number of nitro groups is 1. The third-order valence-electron chi connectivity index (χ3n) is 1.83. The number of methoxy groups -OCH3 is 1. The molecular formula is C9H7FN2O4. The first-order valence-electron chi connectivity index (χ1n) is 4.14. The second-order valence-corrected chi connectivity index (χ2v) is 2.78. The highest BCUT2D eigenvalue weighted by Gasteiger charge is 2.16. The summed E-state index contributed by atoms with van der Waals surface area (Å²) < 4.78 is 18.0. The Kier molecular flexibility index (Phi) is 3.68. The lowest BCUT2D eigenvalue weighted by Gasteiger charge is -2.06. The van der Waals surface area contributed by atoms with Gasteiger partial charge in [0.1, 0.15) is 0 Å². The molecule has 0 amide bonds. The van der Waals surface area contributed by atoms with Crippen molar-refractivity contribution in [1.82, 2.24) is 0 Å². The summed E-state index contributed by atoms with van der Waals surface area (Å²) in [6.07, 6.45) is 1.26. The molecule has 0 spiro atoms. The molecule has 0 aliphatic heterocycles. The van der Waals surface area contributed by atoms with Crippen LogP contribution in [0.25, 0.3) is 0 Å². The summed E-state index contributed by atoms with van der Waals surface area (Å²) in [5.74, 6) is -1.03. The molecule has 0 unspecified atom stereocenters. The summed E-state index contributed by atoms with van der Waals surface area (Å²) in [6, 6.07) is 1.84. The van der Waals surface area contributed by atoms with E-state index in [9.17, 15) is 19.3 Å². The van der Waals surface area contributed by atoms with Crippen molar-refractivity contribution >= 4 is 11.8 Å². The largest absolute Gasteiger partial charge is 0.493 e. The predicted molar refractivity (Wildman–Crippen MR) is 51.4 cm³/mol. The van der Waals surface area contributed by atoms with Gasteiger partial charge in [0.05, 0.1) is 24.6 Å². The van der Waals surface area contributed by atoms with Crippen molar-refractivity contribution in [3.63, 3.8) is 0 Å². The standard InChI is InChI=1S/C9H7FN2O4/c1-16-9-6(4-11-5-13)2-7(12(14)15)3-8(9)10/h2-3H,4H2,1H3. The molecule has 16 heavy (non-hydrogen) atoms. The first-order valence-corrected chi connectivity index (χ1v) is 4.14. The number of non-ortho nitro benzene ring substituents is 1. The molecule has 1 aromatic rings. The van der Waals surface area contributed by atoms with Gasteiger partial charge in [-0.2, -0.15) is 0 Å². The number of benzene rings is 1. The highest BCUT2D eigenvalue weighted by Crippen LogP contribution is 2.28. The van der Waals surface area contributed by atoms with E-state index in [1.54, 1.807) is 0 Å². The van der Waals surface area contributed by atoms with Crippen LogP contribution in [0.15, 0.2) is 17.1 Å². The highest BCUT2D eigenvalue weighted by atomic mass is 19.1. The third-order valence-corrected chi connectivity index (χ3v) is 1.83. The van der Waals surface area contributed by atoms with Crippen molar-refractivity contribution in [1.29, 1.82) is 0 Å². The molecule has 1 rings (SSSR count). The van der Waals surface area contributed by atoms with Crippen LogP contribution < -0.4 is 4.74 Å². The number of aliphatic imine (C=N–C) groups is 1. The Morgan fingerprint density at radius 2 is 2.31 bits per heavy atom. The van der Waals surface area contributed by atoms with Gasteiger partial charge < -0.3 is 4.74 Å². The Morgan fingerprint density at radius 3 is 2.81 bits per heavy atom. The Morgan fingerprint density at radius 1 is 1.62 bits per heavy atom. The SMILES string of the molecule is COc1c(F)cc([N+](=O)[O-])cc1CN=C=O. The number of rotatable bonds is 4. The topological polar surface area (TPSA) is 81.8 Å². The molecule has 0 heterocycles. The zero-order valence-corrected chi connectivity index (χ0v) is 8.27. The quantitative estimate of drug-likeness (QED) is 0.337. The van der Waals surface area contributed by atoms with Gasteiger partial charge in [0.15, 0.2) is 11.6 Å². The number of carbonyl (C=O) groups excluding carboxylic acids is 1. The normalized spacial score (nSPS) is 9.38. The van der Waals surface area contributed by atoms with E-state index in [4.69, 9.17) is 4.74 Å². The van der Waals surface area contributed by atoms with E-state index in [-0.39, 0.29) is 17.9 Å². The fourth-order valence-corrected chi connectivity index (χ4v) is 1.20. The maximum atomic E-state index is 13.3. The van der Waals surface area contributed by atoms with Gasteiger partial charge in [-0.3, -0.25) is 10.1 Å². The zero-order valence-electron chi connectivity index (χ0n) is 8.27. The summed E-state index contributed by atoms with van der Waals surface area (Å²) >= 11 is 0. The molecule has 7 heteroatoms. The minimum Gasteiger partial charge on any atom is -0.493 e. The van der Waals surface area contributed by atoms with E-state index in [1.807, 2.05) is 0 Å². The summed E-state index contributed by atoms with van der Waals surface area (Å²) in [4.78, 5) is 22.9. The molecule has 6 nitrogen and oxygen atoms in total. The Balaban J connectivity index is 3.29. The average Bonchev–Trinajstić information content (AvgIpc) is 2.25. The van der Waals surface area contributed by atoms with Crippen LogP contribution in [0, 0.1) is 15.9 Å². The lowest BCUT2D eigenvalue weighted by atomic mass is 10.1. The fourth-order valence-electron chi connectivity index (χ4n) is 1.20. The Labute approximate surface area is 89.5 Å². The molecule has 84 valence electrons. The van der Waals surface area contributed by atoms with Crippen LogP contribution in [0.4, 0.5) is 10.1 Å². The number of nitro benzene ring substituents is 1. The van der Waals surface area contributed by atoms with Gasteiger partial charge in [0, 0.05) is 11.6 Å². The van der Waals surface area contributed by atoms with Crippen LogP contribution in [0.5, 0.6) is 5.75 Å². The van der Waals surface area contributed by atoms with Crippen molar-refractivity contribution in [2.75, 3.05) is 7.11 Å². The second kappa shape index (κ2) is 4.99. The van der Waals surface area contributed by atoms with E-state index < -0.39 is 16.4 Å². The molecule has 0 radical (unpaired) electrons. The predicted octanol–water partition coefficient (Wildman–Crippen LogP) is 1.58. The molecule has 0 aliphatic carbocycles. The monoisotopic (exact) mass is 226 g/mol. The van der Waals surface area contributed by atoms with Crippen LogP contribution in [-0.4, -0.2) is 18.1 Å². The molecule has 0 saturated heterocycles. The van der Waals surface area contributed by atoms with E-state index in [0.29, 0.717) is 0 Å². The number of ether oxygens (including phenoxy) is 1. The lowest BCUT2D eigenvalue weighted by molar-refractivity contribution is -0.385. The van der Waals surface area contributed by atoms with E-state index >= 15 is 0 Å². The molecule has 0 aliphatic rings. The van der Waals surface area contributed by atoms with Gasteiger partial charge in [-0.05, 0) is 0 Å².